The van der Waals surface area contributed by atoms with Gasteiger partial charge in [0.2, 0.25) is 11.8 Å². The molecule has 3 aromatic carbocycles. The molecule has 2 aliphatic rings. The quantitative estimate of drug-likeness (QED) is 0.0632. The van der Waals surface area contributed by atoms with Crippen LogP contribution in [0.4, 0.5) is 5.69 Å². The summed E-state index contributed by atoms with van der Waals surface area (Å²) < 4.78 is 12.1. The number of carbonyl (C=O) groups excluding carboxylic acids is 4. The predicted octanol–water partition coefficient (Wildman–Crippen LogP) is 7.78. The third-order valence-electron chi connectivity index (χ3n) is 13.1. The number of aliphatic hydroxyl groups excluding tert-OH is 1. The number of amides is 3. The number of Topliss-reactive ketones (excluding diaryl/α,β-unsaturated/α-hetero) is 1. The van der Waals surface area contributed by atoms with E-state index in [1.54, 1.807) is 36.5 Å². The van der Waals surface area contributed by atoms with Crippen LogP contribution in [0.5, 0.6) is 5.75 Å². The Kier molecular flexibility index (Phi) is 16.5. The highest BCUT2D eigenvalue weighted by molar-refractivity contribution is 6.31. The number of nitriles is 1. The second-order valence-corrected chi connectivity index (χ2v) is 20.4. The Morgan fingerprint density at radius 1 is 0.970 bits per heavy atom. The molecule has 3 amide bonds. The maximum Gasteiger partial charge on any atom is 0.251 e. The predicted molar refractivity (Wildman–Crippen MR) is 257 cm³/mol. The second-order valence-electron chi connectivity index (χ2n) is 20.0. The lowest BCUT2D eigenvalue weighted by Crippen LogP contribution is -2.74. The summed E-state index contributed by atoms with van der Waals surface area (Å²) in [6.07, 6.45) is 4.70. The summed E-state index contributed by atoms with van der Waals surface area (Å²) in [5.41, 5.74) is 3.10. The minimum Gasteiger partial charge on any atom is -0.489 e. The molecule has 14 nitrogen and oxygen atoms in total. The lowest BCUT2D eigenvalue weighted by Gasteiger charge is -2.63. The number of ether oxygens (including phenoxy) is 2. The van der Waals surface area contributed by atoms with Gasteiger partial charge in [-0.2, -0.15) is 5.26 Å². The zero-order valence-electron chi connectivity index (χ0n) is 39.6. The maximum atomic E-state index is 14.0. The average molecular weight is 935 g/mol. The lowest BCUT2D eigenvalue weighted by molar-refractivity contribution is -0.164. The molecule has 4 N–H and O–H groups in total. The fourth-order valence-electron chi connectivity index (χ4n) is 9.59. The molecule has 1 aliphatic heterocycles. The molecule has 0 radical (unpaired) electrons. The van der Waals surface area contributed by atoms with Crippen LogP contribution < -0.4 is 20.7 Å². The summed E-state index contributed by atoms with van der Waals surface area (Å²) in [4.78, 5) is 63.6. The largest absolute Gasteiger partial charge is 0.489 e. The molecular weight excluding hydrogens is 870 g/mol. The van der Waals surface area contributed by atoms with Gasteiger partial charge in [0.05, 0.1) is 22.4 Å². The van der Waals surface area contributed by atoms with E-state index in [1.807, 2.05) is 63.2 Å². The number of carbonyl (C=O) groups is 4. The van der Waals surface area contributed by atoms with E-state index in [2.05, 4.69) is 59.7 Å². The first-order valence-electron chi connectivity index (χ1n) is 23.0. The molecule has 6 rings (SSSR count). The Morgan fingerprint density at radius 3 is 2.33 bits per heavy atom. The zero-order valence-corrected chi connectivity index (χ0v) is 40.4. The second kappa shape index (κ2) is 21.8. The Hall–Kier alpha value is -5.88. The van der Waals surface area contributed by atoms with Crippen molar-refractivity contribution in [2.24, 2.45) is 22.2 Å². The third-order valence-corrected chi connectivity index (χ3v) is 13.4. The number of β-amino-alcohol motifs (C(OH)–C–C–N with tert-alkyl or cyclic N) is 1. The van der Waals surface area contributed by atoms with Crippen LogP contribution in [0.1, 0.15) is 102 Å². The number of unbranched alkanes of at least 4 members (excludes halogenated alkanes) is 2. The van der Waals surface area contributed by atoms with Crippen molar-refractivity contribution in [1.29, 1.82) is 5.26 Å². The summed E-state index contributed by atoms with van der Waals surface area (Å²) >= 11 is 6.24. The van der Waals surface area contributed by atoms with Crippen molar-refractivity contribution in [2.75, 3.05) is 31.6 Å². The van der Waals surface area contributed by atoms with Crippen LogP contribution >= 0.6 is 11.6 Å². The maximum absolute atomic E-state index is 14.0. The van der Waals surface area contributed by atoms with Crippen molar-refractivity contribution in [3.63, 3.8) is 0 Å². The van der Waals surface area contributed by atoms with E-state index in [1.165, 1.54) is 11.2 Å². The highest BCUT2D eigenvalue weighted by Gasteiger charge is 2.64. The van der Waals surface area contributed by atoms with Crippen molar-refractivity contribution >= 4 is 40.8 Å². The first kappa shape index (κ1) is 50.5. The monoisotopic (exact) mass is 933 g/mol. The molecule has 0 bridgehead atoms. The Bertz CT molecular complexity index is 2380. The van der Waals surface area contributed by atoms with E-state index in [4.69, 9.17) is 21.1 Å². The molecule has 4 aromatic rings. The number of likely N-dealkylation sites (tertiary alicyclic amines) is 1. The molecule has 1 saturated heterocycles. The minimum atomic E-state index is -0.850. The number of anilines is 1. The summed E-state index contributed by atoms with van der Waals surface area (Å²) in [7, 11) is 0. The van der Waals surface area contributed by atoms with Crippen LogP contribution in [0.2, 0.25) is 5.02 Å². The van der Waals surface area contributed by atoms with Gasteiger partial charge in [0.1, 0.15) is 36.9 Å². The lowest BCUT2D eigenvalue weighted by atomic mass is 9.49. The Labute approximate surface area is 399 Å². The number of aromatic nitrogens is 2. The molecule has 2 fully saturated rings. The molecule has 356 valence electrons. The third kappa shape index (κ3) is 12.6. The van der Waals surface area contributed by atoms with E-state index in [9.17, 15) is 29.5 Å². The van der Waals surface area contributed by atoms with Crippen LogP contribution in [0.25, 0.3) is 11.3 Å². The van der Waals surface area contributed by atoms with Crippen molar-refractivity contribution in [2.45, 2.75) is 111 Å². The molecule has 0 unspecified atom stereocenters. The minimum absolute atomic E-state index is 0.0229. The molecule has 0 spiro atoms. The van der Waals surface area contributed by atoms with Crippen molar-refractivity contribution in [1.82, 2.24) is 25.5 Å². The molecule has 15 heteroatoms. The zero-order chi connectivity index (χ0) is 48.5. The number of aliphatic hydroxyl groups is 1. The van der Waals surface area contributed by atoms with Gasteiger partial charge in [0.25, 0.3) is 5.91 Å². The van der Waals surface area contributed by atoms with Gasteiger partial charge in [0, 0.05) is 91.0 Å². The van der Waals surface area contributed by atoms with E-state index in [0.717, 1.165) is 48.3 Å². The van der Waals surface area contributed by atoms with Crippen molar-refractivity contribution < 1.29 is 33.8 Å². The van der Waals surface area contributed by atoms with Gasteiger partial charge < -0.3 is 35.4 Å². The van der Waals surface area contributed by atoms with Gasteiger partial charge in [-0.1, -0.05) is 84.3 Å². The number of benzene rings is 3. The summed E-state index contributed by atoms with van der Waals surface area (Å²) in [6, 6.07) is 23.0. The van der Waals surface area contributed by atoms with E-state index in [0.29, 0.717) is 28.5 Å². The molecule has 1 saturated carbocycles. The van der Waals surface area contributed by atoms with Crippen LogP contribution in [0, 0.1) is 33.5 Å². The van der Waals surface area contributed by atoms with Crippen molar-refractivity contribution in [3.8, 4) is 23.1 Å². The first-order chi connectivity index (χ1) is 31.8. The molecule has 1 aliphatic carbocycles. The fraction of sp³-hybridized carbons (Fsp3) is 0.481. The van der Waals surface area contributed by atoms with Crippen LogP contribution in [0.15, 0.2) is 85.3 Å². The number of nitrogens with one attached hydrogen (secondary N) is 3. The summed E-state index contributed by atoms with van der Waals surface area (Å²) in [5, 5.41) is 29.7. The standard InChI is InChI=1S/C52H64ClN7O7/c1-50(2,3)41(47(65)60-30-38(61)26-44(60)46(64)57-29-33-11-13-34(14-12-33)43-21-23-55-32-58-43)25-39(62)31-66-24-10-8-9-22-56-37-18-15-35(16-19-37)45(63)59-48-51(4,5)49(52(48,6)7)67-40-20-17-36(28-54)42(53)27-40/h11-21,23,27,32,38,41,44,48-49,56,61H,8-10,22,24-26,29-31H2,1-7H3,(H,57,64)(H,59,63)/t38-,41-,44+,48?,49?/m1/s1. The number of rotatable bonds is 20. The smallest absolute Gasteiger partial charge is 0.251 e. The Morgan fingerprint density at radius 2 is 1.69 bits per heavy atom. The molecule has 67 heavy (non-hydrogen) atoms. The van der Waals surface area contributed by atoms with Crippen LogP contribution in [-0.2, 0) is 25.7 Å². The normalized spacial score (nSPS) is 19.9. The van der Waals surface area contributed by atoms with E-state index >= 15 is 0 Å². The topological polar surface area (TPSA) is 196 Å². The van der Waals surface area contributed by atoms with Gasteiger partial charge in [0.15, 0.2) is 5.78 Å². The van der Waals surface area contributed by atoms with E-state index < -0.39 is 23.5 Å². The molecule has 1 aromatic heterocycles. The SMILES string of the molecule is CC1(C)C(NC(=O)c2ccc(NCCCCCOCC(=O)C[C@H](C(=O)N3C[C@H](O)C[C@H]3C(=O)NCc3ccc(-c4ccncn4)cc3)C(C)(C)C)cc2)C(C)(C)C1Oc1ccc(C#N)c(Cl)c1. The van der Waals surface area contributed by atoms with Gasteiger partial charge in [-0.15, -0.1) is 0 Å². The summed E-state index contributed by atoms with van der Waals surface area (Å²) in [5.74, 6) is -1.16. The van der Waals surface area contributed by atoms with Gasteiger partial charge in [-0.3, -0.25) is 19.2 Å². The number of hydrogen-bond acceptors (Lipinski definition) is 11. The Balaban J connectivity index is 0.877. The first-order valence-corrected chi connectivity index (χ1v) is 23.4. The van der Waals surface area contributed by atoms with Gasteiger partial charge in [-0.05, 0) is 72.7 Å². The van der Waals surface area contributed by atoms with Crippen LogP contribution in [0.3, 0.4) is 0 Å². The van der Waals surface area contributed by atoms with Crippen molar-refractivity contribution in [3.05, 3.63) is 107 Å². The number of halogens is 1. The molecule has 2 heterocycles. The van der Waals surface area contributed by atoms with Crippen LogP contribution in [-0.4, -0.2) is 94.1 Å². The average Bonchev–Trinajstić information content (AvgIpc) is 3.70. The number of hydrogen-bond donors (Lipinski definition) is 4. The summed E-state index contributed by atoms with van der Waals surface area (Å²) in [6.45, 7) is 15.3. The van der Waals surface area contributed by atoms with Gasteiger partial charge >= 0.3 is 0 Å². The fourth-order valence-corrected chi connectivity index (χ4v) is 9.81. The number of nitrogens with zero attached hydrogens (tertiary/aromatic N) is 4. The molecule has 3 atom stereocenters. The van der Waals surface area contributed by atoms with E-state index in [-0.39, 0.29) is 79.0 Å². The highest BCUT2D eigenvalue weighted by Crippen LogP contribution is 2.55. The highest BCUT2D eigenvalue weighted by atomic mass is 35.5. The molecular formula is C52H64ClN7O7. The number of ketones is 1. The van der Waals surface area contributed by atoms with Gasteiger partial charge in [-0.25, -0.2) is 9.97 Å².